The third kappa shape index (κ3) is 2.66. The zero-order valence-electron chi connectivity index (χ0n) is 10.3. The monoisotopic (exact) mass is 215 g/mol. The highest BCUT2D eigenvalue weighted by atomic mass is 15.1. The lowest BCUT2D eigenvalue weighted by molar-refractivity contribution is 0.438. The van der Waals surface area contributed by atoms with Gasteiger partial charge in [-0.2, -0.15) is 0 Å². The maximum absolute atomic E-state index is 2.51. The van der Waals surface area contributed by atoms with Crippen LogP contribution in [0, 0.1) is 5.92 Å². The van der Waals surface area contributed by atoms with Crippen molar-refractivity contribution >= 4 is 11.8 Å². The summed E-state index contributed by atoms with van der Waals surface area (Å²) in [4.78, 5) is 2.51. The zero-order chi connectivity index (χ0) is 11.4. The second-order valence-corrected chi connectivity index (χ2v) is 4.76. The van der Waals surface area contributed by atoms with E-state index < -0.39 is 0 Å². The minimum Gasteiger partial charge on any atom is -0.371 e. The fraction of sp³-hybridized carbons (Fsp3) is 0.467. The number of hydrogen-bond donors (Lipinski definition) is 0. The summed E-state index contributed by atoms with van der Waals surface area (Å²) < 4.78 is 0. The summed E-state index contributed by atoms with van der Waals surface area (Å²) >= 11 is 0. The lowest BCUT2D eigenvalue weighted by atomic mass is 9.98. The quantitative estimate of drug-likeness (QED) is 0.722. The maximum Gasteiger partial charge on any atom is 0.0372 e. The smallest absolute Gasteiger partial charge is 0.0372 e. The lowest BCUT2D eigenvalue weighted by Gasteiger charge is -2.32. The van der Waals surface area contributed by atoms with E-state index in [4.69, 9.17) is 0 Å². The normalized spacial score (nSPS) is 18.2. The molecule has 1 aromatic carbocycles. The molecule has 0 spiro atoms. The van der Waals surface area contributed by atoms with E-state index in [1.165, 1.54) is 37.2 Å². The molecule has 0 aliphatic carbocycles. The van der Waals surface area contributed by atoms with Gasteiger partial charge in [-0.25, -0.2) is 0 Å². The van der Waals surface area contributed by atoms with Gasteiger partial charge in [-0.15, -0.1) is 0 Å². The van der Waals surface area contributed by atoms with E-state index >= 15 is 0 Å². The summed E-state index contributed by atoms with van der Waals surface area (Å²) in [5.74, 6) is 0.898. The van der Waals surface area contributed by atoms with E-state index in [-0.39, 0.29) is 0 Å². The summed E-state index contributed by atoms with van der Waals surface area (Å²) in [6, 6.07) is 8.83. The van der Waals surface area contributed by atoms with Crippen LogP contribution in [0.5, 0.6) is 0 Å². The van der Waals surface area contributed by atoms with Crippen LogP contribution in [0.4, 0.5) is 5.69 Å². The van der Waals surface area contributed by atoms with Gasteiger partial charge in [0, 0.05) is 18.8 Å². The minimum absolute atomic E-state index is 0.898. The van der Waals surface area contributed by atoms with Gasteiger partial charge in [-0.3, -0.25) is 0 Å². The van der Waals surface area contributed by atoms with Crippen molar-refractivity contribution in [3.05, 3.63) is 35.9 Å². The van der Waals surface area contributed by atoms with Gasteiger partial charge in [0.1, 0.15) is 0 Å². The van der Waals surface area contributed by atoms with Crippen molar-refractivity contribution in [2.45, 2.75) is 26.7 Å². The molecule has 0 aromatic heterocycles. The van der Waals surface area contributed by atoms with Crippen LogP contribution in [0.2, 0.25) is 0 Å². The first kappa shape index (κ1) is 11.3. The van der Waals surface area contributed by atoms with E-state index in [0.717, 1.165) is 5.92 Å². The Balaban J connectivity index is 2.11. The molecule has 86 valence electrons. The zero-order valence-corrected chi connectivity index (χ0v) is 10.3. The Kier molecular flexibility index (Phi) is 3.66. The molecule has 1 aliphatic heterocycles. The Morgan fingerprint density at radius 2 is 2.00 bits per heavy atom. The van der Waals surface area contributed by atoms with Gasteiger partial charge in [-0.1, -0.05) is 31.2 Å². The number of hydrogen-bond acceptors (Lipinski definition) is 1. The third-order valence-electron chi connectivity index (χ3n) is 3.38. The highest BCUT2D eigenvalue weighted by molar-refractivity contribution is 5.58. The standard InChI is InChI=1S/C15H21N/c1-3-5-14-6-4-7-15(12-14)16-10-8-13(2)9-11-16/h3-7,12-13H,8-11H2,1-2H3/b5-3+. The second-order valence-electron chi connectivity index (χ2n) is 4.76. The van der Waals surface area contributed by atoms with Crippen molar-refractivity contribution in [2.75, 3.05) is 18.0 Å². The molecule has 0 saturated carbocycles. The minimum atomic E-state index is 0.898. The number of benzene rings is 1. The molecule has 1 aliphatic rings. The predicted octanol–water partition coefficient (Wildman–Crippen LogP) is 3.96. The summed E-state index contributed by atoms with van der Waals surface area (Å²) in [5, 5.41) is 0. The molecule has 16 heavy (non-hydrogen) atoms. The molecule has 0 radical (unpaired) electrons. The highest BCUT2D eigenvalue weighted by Crippen LogP contribution is 2.23. The fourth-order valence-electron chi connectivity index (χ4n) is 2.28. The van der Waals surface area contributed by atoms with Crippen LogP contribution in [0.1, 0.15) is 32.3 Å². The first-order chi connectivity index (χ1) is 7.79. The van der Waals surface area contributed by atoms with Crippen LogP contribution >= 0.6 is 0 Å². The van der Waals surface area contributed by atoms with Gasteiger partial charge in [0.2, 0.25) is 0 Å². The van der Waals surface area contributed by atoms with Crippen molar-refractivity contribution in [3.63, 3.8) is 0 Å². The Morgan fingerprint density at radius 1 is 1.25 bits per heavy atom. The molecular formula is C15H21N. The first-order valence-corrected chi connectivity index (χ1v) is 6.27. The molecule has 0 atom stereocenters. The number of nitrogens with zero attached hydrogens (tertiary/aromatic N) is 1. The van der Waals surface area contributed by atoms with Gasteiger partial charge >= 0.3 is 0 Å². The Bertz CT molecular complexity index is 359. The summed E-state index contributed by atoms with van der Waals surface area (Å²) in [6.07, 6.45) is 6.91. The molecule has 0 amide bonds. The summed E-state index contributed by atoms with van der Waals surface area (Å²) in [7, 11) is 0. The largest absolute Gasteiger partial charge is 0.371 e. The number of anilines is 1. The van der Waals surface area contributed by atoms with Crippen LogP contribution < -0.4 is 4.90 Å². The Hall–Kier alpha value is -1.24. The highest BCUT2D eigenvalue weighted by Gasteiger charge is 2.15. The van der Waals surface area contributed by atoms with Crippen molar-refractivity contribution in [3.8, 4) is 0 Å². The lowest BCUT2D eigenvalue weighted by Crippen LogP contribution is -2.32. The first-order valence-electron chi connectivity index (χ1n) is 6.27. The van der Waals surface area contributed by atoms with E-state index in [9.17, 15) is 0 Å². The molecule has 1 heteroatoms. The van der Waals surface area contributed by atoms with Crippen LogP contribution in [-0.2, 0) is 0 Å². The number of rotatable bonds is 2. The Morgan fingerprint density at radius 3 is 2.69 bits per heavy atom. The van der Waals surface area contributed by atoms with E-state index in [0.29, 0.717) is 0 Å². The molecule has 1 saturated heterocycles. The SMILES string of the molecule is C/C=C/c1cccc(N2CCC(C)CC2)c1. The summed E-state index contributed by atoms with van der Waals surface area (Å²) in [5.41, 5.74) is 2.68. The van der Waals surface area contributed by atoms with Gasteiger partial charge < -0.3 is 4.90 Å². The third-order valence-corrected chi connectivity index (χ3v) is 3.38. The van der Waals surface area contributed by atoms with Crippen LogP contribution in [0.15, 0.2) is 30.3 Å². The molecule has 1 nitrogen and oxygen atoms in total. The molecule has 0 N–H and O–H groups in total. The van der Waals surface area contributed by atoms with E-state index in [1.54, 1.807) is 0 Å². The molecule has 2 rings (SSSR count). The van der Waals surface area contributed by atoms with Crippen molar-refractivity contribution in [1.82, 2.24) is 0 Å². The molecule has 1 fully saturated rings. The van der Waals surface area contributed by atoms with Gasteiger partial charge in [-0.05, 0) is 43.4 Å². The molecular weight excluding hydrogens is 194 g/mol. The van der Waals surface area contributed by atoms with Crippen LogP contribution in [0.25, 0.3) is 6.08 Å². The van der Waals surface area contributed by atoms with Crippen molar-refractivity contribution in [2.24, 2.45) is 5.92 Å². The van der Waals surface area contributed by atoms with E-state index in [1.807, 2.05) is 0 Å². The van der Waals surface area contributed by atoms with Gasteiger partial charge in [0.25, 0.3) is 0 Å². The molecule has 1 aromatic rings. The molecule has 0 bridgehead atoms. The average molecular weight is 215 g/mol. The second kappa shape index (κ2) is 5.20. The molecule has 1 heterocycles. The van der Waals surface area contributed by atoms with Gasteiger partial charge in [0.05, 0.1) is 0 Å². The van der Waals surface area contributed by atoms with Crippen molar-refractivity contribution < 1.29 is 0 Å². The summed E-state index contributed by atoms with van der Waals surface area (Å²) in [6.45, 7) is 6.84. The molecule has 0 unspecified atom stereocenters. The van der Waals surface area contributed by atoms with E-state index in [2.05, 4.69) is 55.2 Å². The predicted molar refractivity (Wildman–Crippen MR) is 71.8 cm³/mol. The average Bonchev–Trinajstić information content (AvgIpc) is 2.31. The topological polar surface area (TPSA) is 3.24 Å². The Labute approximate surface area is 98.8 Å². The fourth-order valence-corrected chi connectivity index (χ4v) is 2.28. The van der Waals surface area contributed by atoms with Crippen LogP contribution in [0.3, 0.4) is 0 Å². The maximum atomic E-state index is 2.51. The van der Waals surface area contributed by atoms with Gasteiger partial charge in [0.15, 0.2) is 0 Å². The number of piperidine rings is 1. The van der Waals surface area contributed by atoms with Crippen molar-refractivity contribution in [1.29, 1.82) is 0 Å². The number of allylic oxidation sites excluding steroid dienone is 1. The van der Waals surface area contributed by atoms with Crippen LogP contribution in [-0.4, -0.2) is 13.1 Å².